The van der Waals surface area contributed by atoms with Gasteiger partial charge in [-0.15, -0.1) is 0 Å². The first kappa shape index (κ1) is 16.4. The van der Waals surface area contributed by atoms with Crippen molar-refractivity contribution in [1.82, 2.24) is 10.2 Å². The molecule has 1 aliphatic rings. The fourth-order valence-electron chi connectivity index (χ4n) is 2.70. The van der Waals surface area contributed by atoms with E-state index in [4.69, 9.17) is 4.42 Å². The maximum absolute atomic E-state index is 11.9. The van der Waals surface area contributed by atoms with Crippen molar-refractivity contribution in [2.75, 3.05) is 31.1 Å². The normalized spacial score (nSPS) is 17.0. The molecule has 0 aromatic carbocycles. The second kappa shape index (κ2) is 8.49. The van der Waals surface area contributed by atoms with Crippen LogP contribution < -0.4 is 5.32 Å². The molecule has 1 aromatic rings. The zero-order chi connectivity index (χ0) is 15.1. The lowest BCUT2D eigenvalue weighted by Crippen LogP contribution is -2.36. The average molecular weight is 310 g/mol. The Balaban J connectivity index is 1.88. The summed E-state index contributed by atoms with van der Waals surface area (Å²) in [5.74, 6) is 4.01. The number of furan rings is 1. The van der Waals surface area contributed by atoms with E-state index in [9.17, 15) is 4.79 Å². The van der Waals surface area contributed by atoms with E-state index >= 15 is 0 Å². The molecule has 0 saturated carbocycles. The van der Waals surface area contributed by atoms with Crippen LogP contribution in [-0.2, 0) is 4.79 Å². The van der Waals surface area contributed by atoms with Crippen LogP contribution in [0, 0.1) is 6.92 Å². The summed E-state index contributed by atoms with van der Waals surface area (Å²) in [7, 11) is 0. The van der Waals surface area contributed by atoms with Gasteiger partial charge in [-0.1, -0.05) is 6.92 Å². The molecule has 1 fully saturated rings. The monoisotopic (exact) mass is 310 g/mol. The number of amides is 1. The van der Waals surface area contributed by atoms with Crippen LogP contribution in [0.5, 0.6) is 0 Å². The Bertz CT molecular complexity index is 441. The van der Waals surface area contributed by atoms with Crippen LogP contribution in [0.2, 0.25) is 0 Å². The minimum absolute atomic E-state index is 0.142. The third-order valence-corrected chi connectivity index (χ3v) is 4.74. The van der Waals surface area contributed by atoms with E-state index in [2.05, 4.69) is 17.1 Å². The molecular formula is C16H26N2O2S. The van der Waals surface area contributed by atoms with Crippen LogP contribution in [0.3, 0.4) is 0 Å². The van der Waals surface area contributed by atoms with Gasteiger partial charge in [0.15, 0.2) is 0 Å². The molecular weight excluding hydrogens is 284 g/mol. The number of rotatable bonds is 8. The van der Waals surface area contributed by atoms with Gasteiger partial charge in [-0.3, -0.25) is 9.69 Å². The lowest BCUT2D eigenvalue weighted by Gasteiger charge is -2.26. The van der Waals surface area contributed by atoms with Crippen molar-refractivity contribution in [3.63, 3.8) is 0 Å². The van der Waals surface area contributed by atoms with E-state index in [1.54, 1.807) is 11.8 Å². The number of hydrogen-bond acceptors (Lipinski definition) is 4. The quantitative estimate of drug-likeness (QED) is 0.750. The Morgan fingerprint density at radius 1 is 1.43 bits per heavy atom. The maximum Gasteiger partial charge on any atom is 0.220 e. The molecule has 1 unspecified atom stereocenters. The van der Waals surface area contributed by atoms with Crippen LogP contribution in [0.1, 0.15) is 43.7 Å². The van der Waals surface area contributed by atoms with Crippen molar-refractivity contribution in [1.29, 1.82) is 0 Å². The zero-order valence-electron chi connectivity index (χ0n) is 13.1. The standard InChI is InChI=1S/C16H26N2O2S/c1-3-21-11-8-16(19)17-12-14(18-9-4-5-10-18)15-7-6-13(2)20-15/h6-7,14H,3-5,8-12H2,1-2H3,(H,17,19). The molecule has 1 aromatic heterocycles. The second-order valence-electron chi connectivity index (χ2n) is 5.46. The van der Waals surface area contributed by atoms with Gasteiger partial charge in [0.25, 0.3) is 0 Å². The summed E-state index contributed by atoms with van der Waals surface area (Å²) in [6.45, 7) is 6.90. The van der Waals surface area contributed by atoms with E-state index in [1.807, 2.05) is 19.1 Å². The molecule has 0 bridgehead atoms. The van der Waals surface area contributed by atoms with Gasteiger partial charge in [0.05, 0.1) is 6.04 Å². The molecule has 1 atom stereocenters. The van der Waals surface area contributed by atoms with Gasteiger partial charge in [0.1, 0.15) is 11.5 Å². The summed E-state index contributed by atoms with van der Waals surface area (Å²) in [6, 6.07) is 4.21. The second-order valence-corrected chi connectivity index (χ2v) is 6.85. The molecule has 0 aliphatic carbocycles. The molecule has 4 nitrogen and oxygen atoms in total. The van der Waals surface area contributed by atoms with E-state index in [1.165, 1.54) is 12.8 Å². The SMILES string of the molecule is CCSCCC(=O)NCC(c1ccc(C)o1)N1CCCC1. The molecule has 5 heteroatoms. The average Bonchev–Trinajstić information content (AvgIpc) is 3.12. The van der Waals surface area contributed by atoms with Crippen LogP contribution >= 0.6 is 11.8 Å². The highest BCUT2D eigenvalue weighted by molar-refractivity contribution is 7.99. The van der Waals surface area contributed by atoms with Crippen molar-refractivity contribution in [2.24, 2.45) is 0 Å². The van der Waals surface area contributed by atoms with Crippen LogP contribution in [0.4, 0.5) is 0 Å². The van der Waals surface area contributed by atoms with Gasteiger partial charge in [-0.25, -0.2) is 0 Å². The number of hydrogen-bond donors (Lipinski definition) is 1. The third-order valence-electron chi connectivity index (χ3n) is 3.84. The lowest BCUT2D eigenvalue weighted by molar-refractivity contribution is -0.120. The summed E-state index contributed by atoms with van der Waals surface area (Å²) >= 11 is 1.81. The van der Waals surface area contributed by atoms with Gasteiger partial charge in [0, 0.05) is 18.7 Å². The molecule has 1 N–H and O–H groups in total. The highest BCUT2D eigenvalue weighted by Crippen LogP contribution is 2.26. The number of nitrogens with one attached hydrogen (secondary N) is 1. The maximum atomic E-state index is 11.9. The Labute approximate surface area is 131 Å². The first-order valence-corrected chi connectivity index (χ1v) is 9.01. The summed E-state index contributed by atoms with van der Waals surface area (Å²) < 4.78 is 5.79. The number of carbonyl (C=O) groups is 1. The van der Waals surface area contributed by atoms with Crippen LogP contribution in [0.15, 0.2) is 16.5 Å². The Hall–Kier alpha value is -0.940. The van der Waals surface area contributed by atoms with Crippen molar-refractivity contribution in [2.45, 2.75) is 39.2 Å². The molecule has 1 aliphatic heterocycles. The summed E-state index contributed by atoms with van der Waals surface area (Å²) in [5.41, 5.74) is 0. The summed E-state index contributed by atoms with van der Waals surface area (Å²) in [5, 5.41) is 3.07. The fraction of sp³-hybridized carbons (Fsp3) is 0.688. The minimum Gasteiger partial charge on any atom is -0.465 e. The smallest absolute Gasteiger partial charge is 0.220 e. The third kappa shape index (κ3) is 5.08. The van der Waals surface area contributed by atoms with Crippen LogP contribution in [0.25, 0.3) is 0 Å². The van der Waals surface area contributed by atoms with Crippen molar-refractivity contribution in [3.05, 3.63) is 23.7 Å². The van der Waals surface area contributed by atoms with E-state index in [0.717, 1.165) is 36.1 Å². The van der Waals surface area contributed by atoms with Gasteiger partial charge in [-0.05, 0) is 50.7 Å². The number of carbonyl (C=O) groups excluding carboxylic acids is 1. The Morgan fingerprint density at radius 2 is 2.19 bits per heavy atom. The Morgan fingerprint density at radius 3 is 2.81 bits per heavy atom. The molecule has 1 amide bonds. The zero-order valence-corrected chi connectivity index (χ0v) is 13.9. The van der Waals surface area contributed by atoms with Gasteiger partial charge in [-0.2, -0.15) is 11.8 Å². The number of aryl methyl sites for hydroxylation is 1. The predicted molar refractivity (Wildman–Crippen MR) is 87.6 cm³/mol. The number of thioether (sulfide) groups is 1. The van der Waals surface area contributed by atoms with Crippen molar-refractivity contribution in [3.8, 4) is 0 Å². The predicted octanol–water partition coefficient (Wildman–Crippen LogP) is 2.98. The Kier molecular flexibility index (Phi) is 6.64. The topological polar surface area (TPSA) is 45.5 Å². The molecule has 0 spiro atoms. The molecule has 2 rings (SSSR count). The van der Waals surface area contributed by atoms with Gasteiger partial charge < -0.3 is 9.73 Å². The molecule has 118 valence electrons. The number of nitrogens with zero attached hydrogens (tertiary/aromatic N) is 1. The van der Waals surface area contributed by atoms with Crippen molar-refractivity contribution >= 4 is 17.7 Å². The molecule has 1 saturated heterocycles. The highest BCUT2D eigenvalue weighted by Gasteiger charge is 2.26. The largest absolute Gasteiger partial charge is 0.465 e. The molecule has 21 heavy (non-hydrogen) atoms. The van der Waals surface area contributed by atoms with Crippen LogP contribution in [-0.4, -0.2) is 41.9 Å². The lowest BCUT2D eigenvalue weighted by atomic mass is 10.2. The minimum atomic E-state index is 0.142. The highest BCUT2D eigenvalue weighted by atomic mass is 32.2. The van der Waals surface area contributed by atoms with E-state index < -0.39 is 0 Å². The summed E-state index contributed by atoms with van der Waals surface area (Å²) in [4.78, 5) is 14.3. The first-order chi connectivity index (χ1) is 10.2. The van der Waals surface area contributed by atoms with E-state index in [0.29, 0.717) is 13.0 Å². The molecule has 2 heterocycles. The number of likely N-dealkylation sites (tertiary alicyclic amines) is 1. The fourth-order valence-corrected chi connectivity index (χ4v) is 3.32. The van der Waals surface area contributed by atoms with Gasteiger partial charge in [0.2, 0.25) is 5.91 Å². The molecule has 0 radical (unpaired) electrons. The van der Waals surface area contributed by atoms with Gasteiger partial charge >= 0.3 is 0 Å². The van der Waals surface area contributed by atoms with Crippen molar-refractivity contribution < 1.29 is 9.21 Å². The van der Waals surface area contributed by atoms with E-state index in [-0.39, 0.29) is 11.9 Å². The first-order valence-electron chi connectivity index (χ1n) is 7.85. The summed E-state index contributed by atoms with van der Waals surface area (Å²) in [6.07, 6.45) is 3.07.